The summed E-state index contributed by atoms with van der Waals surface area (Å²) in [5.74, 6) is -0.226. The number of nitrogens with zero attached hydrogens (tertiary/aromatic N) is 1. The highest BCUT2D eigenvalue weighted by Crippen LogP contribution is 2.34. The molecule has 0 unspecified atom stereocenters. The van der Waals surface area contributed by atoms with E-state index in [4.69, 9.17) is 11.6 Å². The lowest BCUT2D eigenvalue weighted by Gasteiger charge is -2.14. The molecule has 1 heterocycles. The smallest absolute Gasteiger partial charge is 0.231 e. The van der Waals surface area contributed by atoms with E-state index in [1.807, 2.05) is 0 Å². The molecule has 0 aromatic carbocycles. The summed E-state index contributed by atoms with van der Waals surface area (Å²) >= 11 is 5.42. The van der Waals surface area contributed by atoms with Gasteiger partial charge in [-0.1, -0.05) is 31.5 Å². The highest BCUT2D eigenvalue weighted by molar-refractivity contribution is 6.29. The van der Waals surface area contributed by atoms with Crippen LogP contribution in [0.3, 0.4) is 0 Å². The first-order valence-electron chi connectivity index (χ1n) is 4.06. The van der Waals surface area contributed by atoms with Crippen molar-refractivity contribution in [2.24, 2.45) is 0 Å². The van der Waals surface area contributed by atoms with Crippen LogP contribution in [-0.4, -0.2) is 4.98 Å². The van der Waals surface area contributed by atoms with Gasteiger partial charge in [0.2, 0.25) is 0 Å². The molecule has 0 N–H and O–H groups in total. The predicted octanol–water partition coefficient (Wildman–Crippen LogP) is 3.88. The Bertz CT molecular complexity index is 333. The molecule has 0 amide bonds. The second kappa shape index (κ2) is 3.77. The monoisotopic (exact) mass is 223 g/mol. The van der Waals surface area contributed by atoms with E-state index in [9.17, 15) is 13.2 Å². The Labute approximate surface area is 84.9 Å². The summed E-state index contributed by atoms with van der Waals surface area (Å²) in [7, 11) is 0. The lowest BCUT2D eigenvalue weighted by atomic mass is 10.0. The standard InChI is InChI=1S/C9H9ClF3N/c1-5(2)6-3-4-7(10)14-8(6)9(11,12)13/h3-5H,1-2H3. The molecule has 0 aliphatic heterocycles. The molecule has 0 aliphatic rings. The van der Waals surface area contributed by atoms with Crippen molar-refractivity contribution in [1.82, 2.24) is 4.98 Å². The zero-order valence-electron chi connectivity index (χ0n) is 7.69. The molecule has 0 saturated heterocycles. The molecule has 0 aliphatic carbocycles. The minimum atomic E-state index is -4.44. The van der Waals surface area contributed by atoms with Gasteiger partial charge in [-0.2, -0.15) is 13.2 Å². The Morgan fingerprint density at radius 1 is 1.29 bits per heavy atom. The van der Waals surface area contributed by atoms with Crippen molar-refractivity contribution < 1.29 is 13.2 Å². The van der Waals surface area contributed by atoms with Gasteiger partial charge in [-0.25, -0.2) is 4.98 Å². The molecule has 0 bridgehead atoms. The van der Waals surface area contributed by atoms with Crippen LogP contribution >= 0.6 is 11.6 Å². The van der Waals surface area contributed by atoms with Crippen LogP contribution in [0.4, 0.5) is 13.2 Å². The number of hydrogen-bond acceptors (Lipinski definition) is 1. The van der Waals surface area contributed by atoms with Crippen LogP contribution in [0.1, 0.15) is 31.0 Å². The predicted molar refractivity (Wildman–Crippen MR) is 48.3 cm³/mol. The van der Waals surface area contributed by atoms with E-state index in [1.165, 1.54) is 12.1 Å². The molecule has 0 atom stereocenters. The van der Waals surface area contributed by atoms with Crippen molar-refractivity contribution in [3.63, 3.8) is 0 Å². The number of aromatic nitrogens is 1. The third-order valence-corrected chi connectivity index (χ3v) is 1.99. The van der Waals surface area contributed by atoms with E-state index in [1.54, 1.807) is 13.8 Å². The summed E-state index contributed by atoms with van der Waals surface area (Å²) in [6.45, 7) is 3.36. The number of pyridine rings is 1. The third-order valence-electron chi connectivity index (χ3n) is 1.78. The van der Waals surface area contributed by atoms with Gasteiger partial charge >= 0.3 is 6.18 Å². The zero-order chi connectivity index (χ0) is 10.9. The van der Waals surface area contributed by atoms with Crippen molar-refractivity contribution in [2.75, 3.05) is 0 Å². The summed E-state index contributed by atoms with van der Waals surface area (Å²) < 4.78 is 37.4. The Hall–Kier alpha value is -0.770. The Morgan fingerprint density at radius 2 is 1.86 bits per heavy atom. The molecule has 1 aromatic heterocycles. The van der Waals surface area contributed by atoms with E-state index in [0.717, 1.165) is 0 Å². The second-order valence-corrected chi connectivity index (χ2v) is 3.61. The Balaban J connectivity index is 3.30. The largest absolute Gasteiger partial charge is 0.433 e. The summed E-state index contributed by atoms with van der Waals surface area (Å²) in [6.07, 6.45) is -4.44. The van der Waals surface area contributed by atoms with Gasteiger partial charge in [-0.3, -0.25) is 0 Å². The first-order chi connectivity index (χ1) is 6.32. The topological polar surface area (TPSA) is 12.9 Å². The molecule has 0 fully saturated rings. The molecular formula is C9H9ClF3N. The first-order valence-corrected chi connectivity index (χ1v) is 4.44. The number of rotatable bonds is 1. The van der Waals surface area contributed by atoms with Gasteiger partial charge in [-0.05, 0) is 17.5 Å². The van der Waals surface area contributed by atoms with E-state index in [-0.39, 0.29) is 16.6 Å². The van der Waals surface area contributed by atoms with Gasteiger partial charge in [-0.15, -0.1) is 0 Å². The highest BCUT2D eigenvalue weighted by atomic mass is 35.5. The minimum absolute atomic E-state index is 0.137. The van der Waals surface area contributed by atoms with Crippen LogP contribution in [0.2, 0.25) is 5.15 Å². The Morgan fingerprint density at radius 3 is 2.29 bits per heavy atom. The quantitative estimate of drug-likeness (QED) is 0.659. The van der Waals surface area contributed by atoms with Crippen molar-refractivity contribution >= 4 is 11.6 Å². The molecular weight excluding hydrogens is 215 g/mol. The minimum Gasteiger partial charge on any atom is -0.231 e. The first kappa shape index (κ1) is 11.3. The molecule has 78 valence electrons. The van der Waals surface area contributed by atoms with Gasteiger partial charge in [0, 0.05) is 0 Å². The summed E-state index contributed by atoms with van der Waals surface area (Å²) in [4.78, 5) is 3.31. The Kier molecular flexibility index (Phi) is 3.04. The van der Waals surface area contributed by atoms with Crippen molar-refractivity contribution in [3.05, 3.63) is 28.5 Å². The van der Waals surface area contributed by atoms with E-state index in [0.29, 0.717) is 0 Å². The highest BCUT2D eigenvalue weighted by Gasteiger charge is 2.36. The fourth-order valence-electron chi connectivity index (χ4n) is 1.14. The summed E-state index contributed by atoms with van der Waals surface area (Å²) in [6, 6.07) is 2.73. The number of alkyl halides is 3. The van der Waals surface area contributed by atoms with Crippen LogP contribution in [0.5, 0.6) is 0 Å². The maximum atomic E-state index is 12.5. The lowest BCUT2D eigenvalue weighted by Crippen LogP contribution is -2.12. The normalized spacial score (nSPS) is 12.2. The van der Waals surface area contributed by atoms with Crippen LogP contribution in [0.25, 0.3) is 0 Å². The number of hydrogen-bond donors (Lipinski definition) is 0. The maximum Gasteiger partial charge on any atom is 0.433 e. The van der Waals surface area contributed by atoms with Crippen LogP contribution < -0.4 is 0 Å². The summed E-state index contributed by atoms with van der Waals surface area (Å²) in [5.41, 5.74) is -0.720. The fourth-order valence-corrected chi connectivity index (χ4v) is 1.29. The summed E-state index contributed by atoms with van der Waals surface area (Å²) in [5, 5.41) is -0.137. The maximum absolute atomic E-state index is 12.5. The lowest BCUT2D eigenvalue weighted by molar-refractivity contribution is -0.142. The van der Waals surface area contributed by atoms with Gasteiger partial charge in [0.15, 0.2) is 0 Å². The fraction of sp³-hybridized carbons (Fsp3) is 0.444. The SMILES string of the molecule is CC(C)c1ccc(Cl)nc1C(F)(F)F. The van der Waals surface area contributed by atoms with Crippen LogP contribution in [0, 0.1) is 0 Å². The van der Waals surface area contributed by atoms with Crippen LogP contribution in [0.15, 0.2) is 12.1 Å². The van der Waals surface area contributed by atoms with Gasteiger partial charge in [0.05, 0.1) is 0 Å². The van der Waals surface area contributed by atoms with Crippen molar-refractivity contribution in [1.29, 1.82) is 0 Å². The van der Waals surface area contributed by atoms with Gasteiger partial charge in [0.25, 0.3) is 0 Å². The molecule has 0 radical (unpaired) electrons. The number of halogens is 4. The van der Waals surface area contributed by atoms with Crippen LogP contribution in [-0.2, 0) is 6.18 Å². The van der Waals surface area contributed by atoms with Gasteiger partial charge < -0.3 is 0 Å². The molecule has 14 heavy (non-hydrogen) atoms. The van der Waals surface area contributed by atoms with E-state index in [2.05, 4.69) is 4.98 Å². The van der Waals surface area contributed by atoms with Crippen molar-refractivity contribution in [3.8, 4) is 0 Å². The third kappa shape index (κ3) is 2.38. The molecule has 1 nitrogen and oxygen atoms in total. The van der Waals surface area contributed by atoms with E-state index >= 15 is 0 Å². The average molecular weight is 224 g/mol. The second-order valence-electron chi connectivity index (χ2n) is 3.22. The molecule has 5 heteroatoms. The van der Waals surface area contributed by atoms with Gasteiger partial charge in [0.1, 0.15) is 10.8 Å². The molecule has 1 rings (SSSR count). The van der Waals surface area contributed by atoms with E-state index < -0.39 is 11.9 Å². The molecule has 0 saturated carbocycles. The average Bonchev–Trinajstić information content (AvgIpc) is 2.01. The molecule has 1 aromatic rings. The van der Waals surface area contributed by atoms with Crippen molar-refractivity contribution in [2.45, 2.75) is 25.9 Å². The zero-order valence-corrected chi connectivity index (χ0v) is 8.45. The molecule has 0 spiro atoms.